The molecule has 1 aliphatic heterocycles. The number of pyridine rings is 1. The van der Waals surface area contributed by atoms with Crippen molar-refractivity contribution in [1.29, 1.82) is 0 Å². The zero-order valence-electron chi connectivity index (χ0n) is 11.3. The van der Waals surface area contributed by atoms with Crippen molar-refractivity contribution in [2.75, 3.05) is 19.8 Å². The van der Waals surface area contributed by atoms with Crippen LogP contribution in [0.15, 0.2) is 36.5 Å². The minimum atomic E-state index is 0.290. The topological polar surface area (TPSA) is 34.2 Å². The van der Waals surface area contributed by atoms with E-state index in [1.165, 1.54) is 10.8 Å². The molecule has 3 heteroatoms. The van der Waals surface area contributed by atoms with Gasteiger partial charge in [0.15, 0.2) is 0 Å². The molecule has 0 saturated carbocycles. The molecule has 1 N–H and O–H groups in total. The van der Waals surface area contributed by atoms with Crippen molar-refractivity contribution in [3.8, 4) is 0 Å². The van der Waals surface area contributed by atoms with Gasteiger partial charge in [0.2, 0.25) is 0 Å². The molecule has 2 unspecified atom stereocenters. The highest BCUT2D eigenvalue weighted by Crippen LogP contribution is 2.31. The van der Waals surface area contributed by atoms with E-state index in [2.05, 4.69) is 47.6 Å². The van der Waals surface area contributed by atoms with Crippen molar-refractivity contribution in [2.45, 2.75) is 19.4 Å². The maximum absolute atomic E-state index is 5.55. The van der Waals surface area contributed by atoms with Gasteiger partial charge < -0.3 is 10.1 Å². The maximum Gasteiger partial charge on any atom is 0.0655 e. The van der Waals surface area contributed by atoms with Gasteiger partial charge in [-0.15, -0.1) is 0 Å². The minimum Gasteiger partial charge on any atom is -0.381 e. The number of nitrogens with one attached hydrogen (secondary N) is 1. The molecule has 2 atom stereocenters. The van der Waals surface area contributed by atoms with Crippen LogP contribution in [0, 0.1) is 5.92 Å². The SMILES string of the molecule is CCNC(c1nccc2ccccc12)C1CCOC1. The monoisotopic (exact) mass is 256 g/mol. The summed E-state index contributed by atoms with van der Waals surface area (Å²) in [6, 6.07) is 10.8. The number of aromatic nitrogens is 1. The van der Waals surface area contributed by atoms with Crippen molar-refractivity contribution in [3.05, 3.63) is 42.2 Å². The second-order valence-electron chi connectivity index (χ2n) is 5.08. The number of hydrogen-bond donors (Lipinski definition) is 1. The van der Waals surface area contributed by atoms with Crippen molar-refractivity contribution < 1.29 is 4.74 Å². The molecule has 1 saturated heterocycles. The molecule has 1 fully saturated rings. The molecule has 2 heterocycles. The largest absolute Gasteiger partial charge is 0.381 e. The molecule has 0 amide bonds. The molecule has 19 heavy (non-hydrogen) atoms. The number of rotatable bonds is 4. The Morgan fingerprint density at radius 3 is 3.05 bits per heavy atom. The van der Waals surface area contributed by atoms with Crippen LogP contribution < -0.4 is 5.32 Å². The van der Waals surface area contributed by atoms with Gasteiger partial charge in [-0.2, -0.15) is 0 Å². The molecule has 1 aliphatic rings. The summed E-state index contributed by atoms with van der Waals surface area (Å²) in [6.07, 6.45) is 3.03. The van der Waals surface area contributed by atoms with Crippen LogP contribution in [0.1, 0.15) is 25.1 Å². The number of ether oxygens (including phenoxy) is 1. The summed E-state index contributed by atoms with van der Waals surface area (Å²) in [7, 11) is 0. The Bertz CT molecular complexity index is 544. The summed E-state index contributed by atoms with van der Waals surface area (Å²) in [5, 5.41) is 6.10. The zero-order chi connectivity index (χ0) is 13.1. The average Bonchev–Trinajstić information content (AvgIpc) is 2.98. The number of nitrogens with zero attached hydrogens (tertiary/aromatic N) is 1. The molecule has 0 bridgehead atoms. The van der Waals surface area contributed by atoms with Crippen molar-refractivity contribution in [1.82, 2.24) is 10.3 Å². The van der Waals surface area contributed by atoms with E-state index in [1.807, 2.05) is 6.20 Å². The third-order valence-corrected chi connectivity index (χ3v) is 3.86. The first-order valence-corrected chi connectivity index (χ1v) is 7.05. The van der Waals surface area contributed by atoms with Crippen LogP contribution in [0.5, 0.6) is 0 Å². The normalized spacial score (nSPS) is 20.8. The summed E-state index contributed by atoms with van der Waals surface area (Å²) in [4.78, 5) is 4.65. The Labute approximate surface area is 114 Å². The van der Waals surface area contributed by atoms with Crippen LogP contribution in [0.25, 0.3) is 10.8 Å². The molecular weight excluding hydrogens is 236 g/mol. The minimum absolute atomic E-state index is 0.290. The van der Waals surface area contributed by atoms with Gasteiger partial charge in [0.05, 0.1) is 18.3 Å². The molecule has 3 rings (SSSR count). The number of fused-ring (bicyclic) bond motifs is 1. The summed E-state index contributed by atoms with van der Waals surface area (Å²) in [5.41, 5.74) is 1.16. The van der Waals surface area contributed by atoms with Gasteiger partial charge >= 0.3 is 0 Å². The Hall–Kier alpha value is -1.45. The third-order valence-electron chi connectivity index (χ3n) is 3.86. The van der Waals surface area contributed by atoms with Crippen LogP contribution in [-0.2, 0) is 4.74 Å². The maximum atomic E-state index is 5.55. The summed E-state index contributed by atoms with van der Waals surface area (Å²) >= 11 is 0. The van der Waals surface area contributed by atoms with Crippen molar-refractivity contribution in [2.24, 2.45) is 5.92 Å². The molecular formula is C16H20N2O. The predicted octanol–water partition coefficient (Wildman–Crippen LogP) is 2.92. The summed E-state index contributed by atoms with van der Waals surface area (Å²) in [5.74, 6) is 0.526. The number of benzene rings is 1. The first kappa shape index (κ1) is 12.6. The Morgan fingerprint density at radius 1 is 1.37 bits per heavy atom. The smallest absolute Gasteiger partial charge is 0.0655 e. The van der Waals surface area contributed by atoms with E-state index in [4.69, 9.17) is 4.74 Å². The van der Waals surface area contributed by atoms with Gasteiger partial charge in [-0.25, -0.2) is 0 Å². The first-order chi connectivity index (χ1) is 9.40. The fourth-order valence-corrected chi connectivity index (χ4v) is 2.91. The Balaban J connectivity index is 2.03. The van der Waals surface area contributed by atoms with Crippen molar-refractivity contribution >= 4 is 10.8 Å². The zero-order valence-corrected chi connectivity index (χ0v) is 11.3. The molecule has 2 aromatic rings. The molecule has 0 radical (unpaired) electrons. The fraction of sp³-hybridized carbons (Fsp3) is 0.438. The van der Waals surface area contributed by atoms with E-state index in [0.29, 0.717) is 12.0 Å². The second kappa shape index (κ2) is 5.68. The quantitative estimate of drug-likeness (QED) is 0.913. The van der Waals surface area contributed by atoms with E-state index in [9.17, 15) is 0 Å². The summed E-state index contributed by atoms with van der Waals surface area (Å²) in [6.45, 7) is 4.81. The van der Waals surface area contributed by atoms with Crippen molar-refractivity contribution in [3.63, 3.8) is 0 Å². The molecule has 1 aromatic heterocycles. The van der Waals surface area contributed by atoms with Gasteiger partial charge in [-0.3, -0.25) is 4.98 Å². The fourth-order valence-electron chi connectivity index (χ4n) is 2.91. The van der Waals surface area contributed by atoms with Crippen LogP contribution >= 0.6 is 0 Å². The number of hydrogen-bond acceptors (Lipinski definition) is 3. The van der Waals surface area contributed by atoms with Gasteiger partial charge in [-0.1, -0.05) is 31.2 Å². The first-order valence-electron chi connectivity index (χ1n) is 7.05. The van der Waals surface area contributed by atoms with Crippen LogP contribution in [0.2, 0.25) is 0 Å². The Kier molecular flexibility index (Phi) is 3.76. The van der Waals surface area contributed by atoms with E-state index in [1.54, 1.807) is 0 Å². The lowest BCUT2D eigenvalue weighted by atomic mass is 9.93. The Morgan fingerprint density at radius 2 is 2.26 bits per heavy atom. The third kappa shape index (κ3) is 2.48. The standard InChI is InChI=1S/C16H20N2O/c1-2-17-15(13-8-10-19-11-13)16-14-6-4-3-5-12(14)7-9-18-16/h3-7,9,13,15,17H,2,8,10-11H2,1H3. The van der Waals surface area contributed by atoms with Gasteiger partial charge in [-0.05, 0) is 24.4 Å². The van der Waals surface area contributed by atoms with Crippen LogP contribution in [0.4, 0.5) is 0 Å². The molecule has 100 valence electrons. The van der Waals surface area contributed by atoms with E-state index in [0.717, 1.165) is 31.9 Å². The van der Waals surface area contributed by atoms with Gasteiger partial charge in [0.25, 0.3) is 0 Å². The summed E-state index contributed by atoms with van der Waals surface area (Å²) < 4.78 is 5.55. The van der Waals surface area contributed by atoms with Crippen LogP contribution in [-0.4, -0.2) is 24.7 Å². The predicted molar refractivity (Wildman–Crippen MR) is 77.1 cm³/mol. The molecule has 1 aromatic carbocycles. The highest BCUT2D eigenvalue weighted by atomic mass is 16.5. The molecule has 0 aliphatic carbocycles. The van der Waals surface area contributed by atoms with Gasteiger partial charge in [0, 0.05) is 24.1 Å². The average molecular weight is 256 g/mol. The lowest BCUT2D eigenvalue weighted by Gasteiger charge is -2.24. The van der Waals surface area contributed by atoms with Crippen LogP contribution in [0.3, 0.4) is 0 Å². The lowest BCUT2D eigenvalue weighted by molar-refractivity contribution is 0.176. The van der Waals surface area contributed by atoms with E-state index < -0.39 is 0 Å². The highest BCUT2D eigenvalue weighted by Gasteiger charge is 2.28. The van der Waals surface area contributed by atoms with Gasteiger partial charge in [0.1, 0.15) is 0 Å². The van der Waals surface area contributed by atoms with E-state index in [-0.39, 0.29) is 0 Å². The van der Waals surface area contributed by atoms with E-state index >= 15 is 0 Å². The molecule has 0 spiro atoms. The lowest BCUT2D eigenvalue weighted by Crippen LogP contribution is -2.29. The molecule has 3 nitrogen and oxygen atoms in total. The highest BCUT2D eigenvalue weighted by molar-refractivity contribution is 5.84. The second-order valence-corrected chi connectivity index (χ2v) is 5.08.